The molecule has 0 fully saturated rings. The van der Waals surface area contributed by atoms with E-state index >= 15 is 0 Å². The molecule has 2 rings (SSSR count). The Bertz CT molecular complexity index is 539. The molecular formula is C17H24N4. The van der Waals surface area contributed by atoms with Crippen LogP contribution >= 0.6 is 0 Å². The maximum atomic E-state index is 4.66. The molecule has 0 radical (unpaired) electrons. The van der Waals surface area contributed by atoms with Crippen molar-refractivity contribution in [1.29, 1.82) is 0 Å². The van der Waals surface area contributed by atoms with Crippen molar-refractivity contribution in [2.75, 3.05) is 18.5 Å². The number of aromatic nitrogens is 2. The lowest BCUT2D eigenvalue weighted by Gasteiger charge is -2.18. The number of hydrogen-bond donors (Lipinski definition) is 1. The molecule has 1 aromatic heterocycles. The first kappa shape index (κ1) is 15.4. The molecule has 4 nitrogen and oxygen atoms in total. The summed E-state index contributed by atoms with van der Waals surface area (Å²) in [5.74, 6) is 0.925. The summed E-state index contributed by atoms with van der Waals surface area (Å²) in [7, 11) is 2.06. The van der Waals surface area contributed by atoms with Gasteiger partial charge in [0.1, 0.15) is 5.82 Å². The number of benzene rings is 1. The van der Waals surface area contributed by atoms with Gasteiger partial charge in [-0.25, -0.2) is 4.98 Å². The van der Waals surface area contributed by atoms with E-state index in [1.165, 1.54) is 5.56 Å². The molecule has 0 unspecified atom stereocenters. The number of hydrogen-bond acceptors (Lipinski definition) is 4. The second-order valence-electron chi connectivity index (χ2n) is 5.56. The molecule has 0 spiro atoms. The minimum atomic E-state index is 0.450. The lowest BCUT2D eigenvalue weighted by Crippen LogP contribution is -2.25. The van der Waals surface area contributed by atoms with Crippen LogP contribution < -0.4 is 10.2 Å². The largest absolute Gasteiger partial charge is 0.358 e. The third-order valence-corrected chi connectivity index (χ3v) is 3.33. The van der Waals surface area contributed by atoms with E-state index in [1.54, 1.807) is 0 Å². The van der Waals surface area contributed by atoms with Gasteiger partial charge in [-0.05, 0) is 12.0 Å². The fourth-order valence-corrected chi connectivity index (χ4v) is 2.03. The molecular weight excluding hydrogens is 260 g/mol. The molecule has 0 bridgehead atoms. The van der Waals surface area contributed by atoms with E-state index in [1.807, 2.05) is 18.5 Å². The van der Waals surface area contributed by atoms with Crippen LogP contribution in [0.1, 0.15) is 25.1 Å². The van der Waals surface area contributed by atoms with E-state index in [9.17, 15) is 0 Å². The van der Waals surface area contributed by atoms with E-state index in [0.717, 1.165) is 31.0 Å². The minimum Gasteiger partial charge on any atom is -0.358 e. The summed E-state index contributed by atoms with van der Waals surface area (Å²) in [6, 6.07) is 11.0. The van der Waals surface area contributed by atoms with Crippen molar-refractivity contribution in [3.8, 4) is 0 Å². The van der Waals surface area contributed by atoms with Crippen LogP contribution in [0.5, 0.6) is 0 Å². The van der Waals surface area contributed by atoms with Gasteiger partial charge in [0.05, 0.1) is 11.9 Å². The molecule has 0 aliphatic heterocycles. The normalized spacial score (nSPS) is 10.9. The van der Waals surface area contributed by atoms with Crippen molar-refractivity contribution in [2.24, 2.45) is 0 Å². The maximum absolute atomic E-state index is 4.66. The van der Waals surface area contributed by atoms with Crippen LogP contribution in [0.25, 0.3) is 0 Å². The van der Waals surface area contributed by atoms with Gasteiger partial charge in [0.2, 0.25) is 0 Å². The van der Waals surface area contributed by atoms with E-state index < -0.39 is 0 Å². The number of likely N-dealkylation sites (N-methyl/N-ethyl adjacent to an activating group) is 1. The molecule has 0 atom stereocenters. The molecule has 0 aliphatic rings. The highest BCUT2D eigenvalue weighted by Gasteiger charge is 2.05. The van der Waals surface area contributed by atoms with E-state index in [-0.39, 0.29) is 0 Å². The summed E-state index contributed by atoms with van der Waals surface area (Å²) in [4.78, 5) is 11.1. The molecule has 2 aromatic rings. The molecule has 0 amide bonds. The van der Waals surface area contributed by atoms with Crippen LogP contribution in [0, 0.1) is 0 Å². The molecule has 112 valence electrons. The van der Waals surface area contributed by atoms with Gasteiger partial charge in [-0.3, -0.25) is 4.98 Å². The third-order valence-electron chi connectivity index (χ3n) is 3.33. The lowest BCUT2D eigenvalue weighted by molar-refractivity contribution is 0.580. The Hall–Kier alpha value is -1.94. The number of nitrogens with zero attached hydrogens (tertiary/aromatic N) is 3. The summed E-state index contributed by atoms with van der Waals surface area (Å²) in [6.45, 7) is 5.94. The first-order valence-corrected chi connectivity index (χ1v) is 7.44. The lowest BCUT2D eigenvalue weighted by atomic mass is 10.1. The van der Waals surface area contributed by atoms with Crippen LogP contribution in [0.3, 0.4) is 0 Å². The van der Waals surface area contributed by atoms with Crippen LogP contribution in [-0.2, 0) is 13.0 Å². The predicted molar refractivity (Wildman–Crippen MR) is 87.4 cm³/mol. The fourth-order valence-electron chi connectivity index (χ4n) is 2.03. The van der Waals surface area contributed by atoms with Gasteiger partial charge in [-0.2, -0.15) is 0 Å². The second-order valence-corrected chi connectivity index (χ2v) is 5.56. The van der Waals surface area contributed by atoms with Crippen LogP contribution in [0.2, 0.25) is 0 Å². The van der Waals surface area contributed by atoms with Crippen molar-refractivity contribution in [3.05, 3.63) is 54.0 Å². The standard InChI is InChI=1S/C17H24N4/c1-14(2)19-12-16-11-18-13-17(20-16)21(3)10-9-15-7-5-4-6-8-15/h4-8,11,13-14,19H,9-10,12H2,1-3H3. The Morgan fingerprint density at radius 2 is 1.90 bits per heavy atom. The van der Waals surface area contributed by atoms with Gasteiger partial charge in [-0.1, -0.05) is 44.2 Å². The van der Waals surface area contributed by atoms with E-state index in [2.05, 4.69) is 65.3 Å². The topological polar surface area (TPSA) is 41.1 Å². The quantitative estimate of drug-likeness (QED) is 0.848. The van der Waals surface area contributed by atoms with Gasteiger partial charge in [0, 0.05) is 32.4 Å². The Morgan fingerprint density at radius 3 is 2.62 bits per heavy atom. The third kappa shape index (κ3) is 5.16. The smallest absolute Gasteiger partial charge is 0.147 e. The summed E-state index contributed by atoms with van der Waals surface area (Å²) >= 11 is 0. The zero-order valence-corrected chi connectivity index (χ0v) is 13.1. The number of anilines is 1. The van der Waals surface area contributed by atoms with Gasteiger partial charge in [-0.15, -0.1) is 0 Å². The van der Waals surface area contributed by atoms with Gasteiger partial charge >= 0.3 is 0 Å². The summed E-state index contributed by atoms with van der Waals surface area (Å²) in [5.41, 5.74) is 2.32. The summed E-state index contributed by atoms with van der Waals surface area (Å²) < 4.78 is 0. The van der Waals surface area contributed by atoms with E-state index in [4.69, 9.17) is 0 Å². The van der Waals surface area contributed by atoms with Crippen LogP contribution in [0.4, 0.5) is 5.82 Å². The molecule has 1 N–H and O–H groups in total. The molecule has 21 heavy (non-hydrogen) atoms. The van der Waals surface area contributed by atoms with Crippen LogP contribution in [0.15, 0.2) is 42.7 Å². The Kier molecular flexibility index (Phi) is 5.69. The maximum Gasteiger partial charge on any atom is 0.147 e. The molecule has 1 aromatic carbocycles. The summed E-state index contributed by atoms with van der Waals surface area (Å²) in [5, 5.41) is 3.36. The van der Waals surface area contributed by atoms with Gasteiger partial charge in [0.15, 0.2) is 0 Å². The minimum absolute atomic E-state index is 0.450. The zero-order chi connectivity index (χ0) is 15.1. The number of nitrogens with one attached hydrogen (secondary N) is 1. The van der Waals surface area contributed by atoms with Crippen molar-refractivity contribution in [3.63, 3.8) is 0 Å². The van der Waals surface area contributed by atoms with Crippen LogP contribution in [-0.4, -0.2) is 29.6 Å². The molecule has 0 saturated carbocycles. The molecule has 1 heterocycles. The second kappa shape index (κ2) is 7.74. The predicted octanol–water partition coefficient (Wildman–Crippen LogP) is 2.65. The Balaban J connectivity index is 1.92. The monoisotopic (exact) mass is 284 g/mol. The van der Waals surface area contributed by atoms with Gasteiger partial charge in [0.25, 0.3) is 0 Å². The van der Waals surface area contributed by atoms with Gasteiger partial charge < -0.3 is 10.2 Å². The van der Waals surface area contributed by atoms with Crippen molar-refractivity contribution in [1.82, 2.24) is 15.3 Å². The molecule has 0 saturated heterocycles. The molecule has 0 aliphatic carbocycles. The highest BCUT2D eigenvalue weighted by molar-refractivity contribution is 5.35. The average Bonchev–Trinajstić information content (AvgIpc) is 2.52. The SMILES string of the molecule is CC(C)NCc1cncc(N(C)CCc2ccccc2)n1. The Morgan fingerprint density at radius 1 is 1.14 bits per heavy atom. The fraction of sp³-hybridized carbons (Fsp3) is 0.412. The zero-order valence-electron chi connectivity index (χ0n) is 13.1. The highest BCUT2D eigenvalue weighted by atomic mass is 15.2. The first-order chi connectivity index (χ1) is 10.1. The summed E-state index contributed by atoms with van der Waals surface area (Å²) in [6.07, 6.45) is 4.65. The molecule has 4 heteroatoms. The van der Waals surface area contributed by atoms with E-state index in [0.29, 0.717) is 6.04 Å². The van der Waals surface area contributed by atoms with Crippen molar-refractivity contribution < 1.29 is 0 Å². The Labute approximate surface area is 127 Å². The highest BCUT2D eigenvalue weighted by Crippen LogP contribution is 2.09. The van der Waals surface area contributed by atoms with Crippen molar-refractivity contribution in [2.45, 2.75) is 32.9 Å². The number of rotatable bonds is 7. The first-order valence-electron chi connectivity index (χ1n) is 7.44. The van der Waals surface area contributed by atoms with Crippen molar-refractivity contribution >= 4 is 5.82 Å². The average molecular weight is 284 g/mol.